The molecule has 0 atom stereocenters. The Balaban J connectivity index is 2.34. The maximum atomic E-state index is 5.93. The molecule has 0 aliphatic rings. The predicted molar refractivity (Wildman–Crippen MR) is 77.8 cm³/mol. The van der Waals surface area contributed by atoms with Crippen LogP contribution in [0.2, 0.25) is 0 Å². The first-order chi connectivity index (χ1) is 8.04. The van der Waals surface area contributed by atoms with Crippen molar-refractivity contribution in [3.05, 3.63) is 52.0 Å². The monoisotopic (exact) mass is 290 g/mol. The van der Waals surface area contributed by atoms with Crippen LogP contribution in [0.3, 0.4) is 0 Å². The summed E-state index contributed by atoms with van der Waals surface area (Å²) in [5, 5.41) is 3.34. The van der Waals surface area contributed by atoms with Crippen LogP contribution in [0.1, 0.15) is 11.1 Å². The fraction of sp³-hybridized carbons (Fsp3) is 0.143. The standard InChI is InChI=1S/C14H15BrN2/c1-9-5-10(2)7-12(6-9)17-14-8-11(15)3-4-13(14)16/h3-8,17H,16H2,1-2H3. The second-order valence-corrected chi connectivity index (χ2v) is 5.15. The molecule has 3 N–H and O–H groups in total. The van der Waals surface area contributed by atoms with Crippen LogP contribution in [-0.4, -0.2) is 0 Å². The number of nitrogens with one attached hydrogen (secondary N) is 1. The van der Waals surface area contributed by atoms with Crippen LogP contribution in [0, 0.1) is 13.8 Å². The zero-order chi connectivity index (χ0) is 12.4. The van der Waals surface area contributed by atoms with Gasteiger partial charge in [0, 0.05) is 10.2 Å². The van der Waals surface area contributed by atoms with Crippen molar-refractivity contribution >= 4 is 33.0 Å². The van der Waals surface area contributed by atoms with Crippen molar-refractivity contribution in [1.82, 2.24) is 0 Å². The molecule has 0 unspecified atom stereocenters. The highest BCUT2D eigenvalue weighted by molar-refractivity contribution is 9.10. The van der Waals surface area contributed by atoms with Crippen LogP contribution in [0.4, 0.5) is 17.1 Å². The summed E-state index contributed by atoms with van der Waals surface area (Å²) in [5.74, 6) is 0. The molecule has 88 valence electrons. The molecule has 0 aromatic heterocycles. The summed E-state index contributed by atoms with van der Waals surface area (Å²) < 4.78 is 1.01. The quantitative estimate of drug-likeness (QED) is 0.805. The normalized spacial score (nSPS) is 10.3. The maximum absolute atomic E-state index is 5.93. The van der Waals surface area contributed by atoms with E-state index in [1.165, 1.54) is 11.1 Å². The molecular formula is C14H15BrN2. The summed E-state index contributed by atoms with van der Waals surface area (Å²) in [6.07, 6.45) is 0. The highest BCUT2D eigenvalue weighted by Gasteiger charge is 2.01. The van der Waals surface area contributed by atoms with Crippen molar-refractivity contribution in [3.63, 3.8) is 0 Å². The van der Waals surface area contributed by atoms with Crippen LogP contribution >= 0.6 is 15.9 Å². The van der Waals surface area contributed by atoms with Gasteiger partial charge in [-0.1, -0.05) is 22.0 Å². The number of nitrogens with two attached hydrogens (primary N) is 1. The van der Waals surface area contributed by atoms with Gasteiger partial charge in [0.15, 0.2) is 0 Å². The Kier molecular flexibility index (Phi) is 3.38. The highest BCUT2D eigenvalue weighted by Crippen LogP contribution is 2.27. The Morgan fingerprint density at radius 3 is 2.29 bits per heavy atom. The Morgan fingerprint density at radius 1 is 1.00 bits per heavy atom. The third kappa shape index (κ3) is 3.01. The van der Waals surface area contributed by atoms with Gasteiger partial charge < -0.3 is 11.1 Å². The minimum atomic E-state index is 0.743. The largest absolute Gasteiger partial charge is 0.397 e. The summed E-state index contributed by atoms with van der Waals surface area (Å²) in [5.41, 5.74) is 11.1. The van der Waals surface area contributed by atoms with E-state index in [4.69, 9.17) is 5.73 Å². The van der Waals surface area contributed by atoms with E-state index in [1.807, 2.05) is 18.2 Å². The SMILES string of the molecule is Cc1cc(C)cc(Nc2cc(Br)ccc2N)c1. The van der Waals surface area contributed by atoms with Gasteiger partial charge in [0.1, 0.15) is 0 Å². The van der Waals surface area contributed by atoms with Gasteiger partial charge in [-0.25, -0.2) is 0 Å². The average molecular weight is 291 g/mol. The number of benzene rings is 2. The van der Waals surface area contributed by atoms with Gasteiger partial charge in [-0.2, -0.15) is 0 Å². The summed E-state index contributed by atoms with van der Waals surface area (Å²) in [4.78, 5) is 0. The first-order valence-corrected chi connectivity index (χ1v) is 6.24. The molecule has 2 aromatic carbocycles. The second-order valence-electron chi connectivity index (χ2n) is 4.23. The second kappa shape index (κ2) is 4.80. The van der Waals surface area contributed by atoms with Crippen LogP contribution in [0.25, 0.3) is 0 Å². The molecule has 2 nitrogen and oxygen atoms in total. The van der Waals surface area contributed by atoms with Crippen molar-refractivity contribution in [2.45, 2.75) is 13.8 Å². The molecule has 0 spiro atoms. The number of halogens is 1. The van der Waals surface area contributed by atoms with E-state index in [1.54, 1.807) is 0 Å². The fourth-order valence-corrected chi connectivity index (χ4v) is 2.20. The Morgan fingerprint density at radius 2 is 1.65 bits per heavy atom. The topological polar surface area (TPSA) is 38.0 Å². The van der Waals surface area contributed by atoms with Gasteiger partial charge in [0.2, 0.25) is 0 Å². The Bertz CT molecular complexity index is 530. The lowest BCUT2D eigenvalue weighted by atomic mass is 10.1. The number of hydrogen-bond acceptors (Lipinski definition) is 2. The number of rotatable bonds is 2. The molecule has 0 heterocycles. The molecule has 0 bridgehead atoms. The zero-order valence-electron chi connectivity index (χ0n) is 9.92. The lowest BCUT2D eigenvalue weighted by Crippen LogP contribution is -1.96. The molecule has 0 saturated heterocycles. The van der Waals surface area contributed by atoms with E-state index >= 15 is 0 Å². The lowest BCUT2D eigenvalue weighted by Gasteiger charge is -2.11. The van der Waals surface area contributed by atoms with Gasteiger partial charge in [0.05, 0.1) is 11.4 Å². The molecule has 2 aromatic rings. The molecule has 0 fully saturated rings. The summed E-state index contributed by atoms with van der Waals surface area (Å²) in [6.45, 7) is 4.17. The van der Waals surface area contributed by atoms with E-state index in [2.05, 4.69) is 53.3 Å². The van der Waals surface area contributed by atoms with Crippen molar-refractivity contribution in [2.75, 3.05) is 11.1 Å². The number of hydrogen-bond donors (Lipinski definition) is 2. The van der Waals surface area contributed by atoms with E-state index in [-0.39, 0.29) is 0 Å². The number of nitrogen functional groups attached to an aromatic ring is 1. The van der Waals surface area contributed by atoms with E-state index < -0.39 is 0 Å². The zero-order valence-corrected chi connectivity index (χ0v) is 11.5. The molecule has 2 rings (SSSR count). The van der Waals surface area contributed by atoms with E-state index in [9.17, 15) is 0 Å². The Labute approximate surface area is 110 Å². The van der Waals surface area contributed by atoms with Gasteiger partial charge >= 0.3 is 0 Å². The van der Waals surface area contributed by atoms with Gasteiger partial charge in [-0.15, -0.1) is 0 Å². The van der Waals surface area contributed by atoms with Crippen LogP contribution < -0.4 is 11.1 Å². The first kappa shape index (κ1) is 12.0. The Hall–Kier alpha value is -1.48. The van der Waals surface area contributed by atoms with Crippen LogP contribution in [0.5, 0.6) is 0 Å². The molecule has 0 saturated carbocycles. The predicted octanol–water partition coefficient (Wildman–Crippen LogP) is 4.39. The van der Waals surface area contributed by atoms with Crippen molar-refractivity contribution in [2.24, 2.45) is 0 Å². The molecule has 0 aliphatic carbocycles. The van der Waals surface area contributed by atoms with Gasteiger partial charge in [0.25, 0.3) is 0 Å². The van der Waals surface area contributed by atoms with Crippen molar-refractivity contribution in [3.8, 4) is 0 Å². The highest BCUT2D eigenvalue weighted by atomic mass is 79.9. The first-order valence-electron chi connectivity index (χ1n) is 5.45. The summed E-state index contributed by atoms with van der Waals surface area (Å²) >= 11 is 3.44. The molecule has 0 amide bonds. The number of anilines is 3. The fourth-order valence-electron chi connectivity index (χ4n) is 1.84. The molecule has 3 heteroatoms. The van der Waals surface area contributed by atoms with Crippen LogP contribution in [-0.2, 0) is 0 Å². The van der Waals surface area contributed by atoms with Crippen molar-refractivity contribution < 1.29 is 0 Å². The van der Waals surface area contributed by atoms with E-state index in [0.717, 1.165) is 21.5 Å². The summed E-state index contributed by atoms with van der Waals surface area (Å²) in [6, 6.07) is 12.2. The van der Waals surface area contributed by atoms with Gasteiger partial charge in [-0.05, 0) is 55.3 Å². The number of aryl methyl sites for hydroxylation is 2. The summed E-state index contributed by atoms with van der Waals surface area (Å²) in [7, 11) is 0. The molecule has 0 aliphatic heterocycles. The van der Waals surface area contributed by atoms with Gasteiger partial charge in [-0.3, -0.25) is 0 Å². The lowest BCUT2D eigenvalue weighted by molar-refractivity contribution is 1.37. The minimum Gasteiger partial charge on any atom is -0.397 e. The third-order valence-electron chi connectivity index (χ3n) is 2.52. The van der Waals surface area contributed by atoms with Crippen molar-refractivity contribution in [1.29, 1.82) is 0 Å². The molecular weight excluding hydrogens is 276 g/mol. The van der Waals surface area contributed by atoms with Crippen LogP contribution in [0.15, 0.2) is 40.9 Å². The smallest absolute Gasteiger partial charge is 0.0629 e. The maximum Gasteiger partial charge on any atom is 0.0629 e. The van der Waals surface area contributed by atoms with E-state index in [0.29, 0.717) is 0 Å². The molecule has 0 radical (unpaired) electrons. The minimum absolute atomic E-state index is 0.743. The molecule has 17 heavy (non-hydrogen) atoms. The third-order valence-corrected chi connectivity index (χ3v) is 3.01. The average Bonchev–Trinajstić information content (AvgIpc) is 2.22.